The number of pyridine rings is 1. The summed E-state index contributed by atoms with van der Waals surface area (Å²) in [7, 11) is -1.14. The van der Waals surface area contributed by atoms with E-state index in [0.717, 1.165) is 41.6 Å². The van der Waals surface area contributed by atoms with Gasteiger partial charge in [0.25, 0.3) is 0 Å². The van der Waals surface area contributed by atoms with Gasteiger partial charge in [-0.3, -0.25) is 0 Å². The monoisotopic (exact) mass is 415 g/mol. The quantitative estimate of drug-likeness (QED) is 0.506. The summed E-state index contributed by atoms with van der Waals surface area (Å²) >= 11 is 0. The van der Waals surface area contributed by atoms with Crippen LogP contribution in [0.2, 0.25) is 25.7 Å². The standard InChI is InChI=1S/C21H33N5O2Si/c1-16-13-27-8-7-25(16)19-11-18(21(2,3)14-22)17-12-23-26(20(17)24-19)15-28-9-10-29(4,5)6/h11-12,16H,7-10,13,15H2,1-6H3/t16-/m1/s1. The van der Waals surface area contributed by atoms with Crippen molar-refractivity contribution >= 4 is 24.9 Å². The molecule has 1 fully saturated rings. The Labute approximate surface area is 174 Å². The Morgan fingerprint density at radius 1 is 1.38 bits per heavy atom. The first-order chi connectivity index (χ1) is 13.6. The highest BCUT2D eigenvalue weighted by atomic mass is 28.3. The Bertz CT molecular complexity index is 897. The molecular weight excluding hydrogens is 382 g/mol. The second kappa shape index (κ2) is 8.42. The van der Waals surface area contributed by atoms with Crippen molar-refractivity contribution in [1.82, 2.24) is 14.8 Å². The van der Waals surface area contributed by atoms with Gasteiger partial charge in [0.15, 0.2) is 5.65 Å². The number of nitriles is 1. The van der Waals surface area contributed by atoms with E-state index < -0.39 is 13.5 Å². The molecule has 8 heteroatoms. The topological polar surface area (TPSA) is 76.2 Å². The maximum atomic E-state index is 9.76. The van der Waals surface area contributed by atoms with Crippen LogP contribution in [0.25, 0.3) is 11.0 Å². The van der Waals surface area contributed by atoms with E-state index in [0.29, 0.717) is 19.9 Å². The number of hydrogen-bond donors (Lipinski definition) is 0. The van der Waals surface area contributed by atoms with Gasteiger partial charge in [0, 0.05) is 26.6 Å². The van der Waals surface area contributed by atoms with E-state index >= 15 is 0 Å². The van der Waals surface area contributed by atoms with Gasteiger partial charge >= 0.3 is 0 Å². The molecule has 2 aromatic heterocycles. The van der Waals surface area contributed by atoms with Crippen molar-refractivity contribution in [3.05, 3.63) is 17.8 Å². The molecular formula is C21H33N5O2Si. The van der Waals surface area contributed by atoms with Gasteiger partial charge in [0.05, 0.1) is 36.9 Å². The molecule has 3 heterocycles. The van der Waals surface area contributed by atoms with Gasteiger partial charge in [0.1, 0.15) is 12.5 Å². The van der Waals surface area contributed by atoms with Crippen LogP contribution in [0.4, 0.5) is 5.82 Å². The molecule has 1 atom stereocenters. The highest BCUT2D eigenvalue weighted by Gasteiger charge is 2.28. The Kier molecular flexibility index (Phi) is 6.32. The third-order valence-electron chi connectivity index (χ3n) is 5.42. The fourth-order valence-corrected chi connectivity index (χ4v) is 4.21. The molecule has 0 radical (unpaired) electrons. The normalized spacial score (nSPS) is 18.2. The average Bonchev–Trinajstić information content (AvgIpc) is 3.07. The van der Waals surface area contributed by atoms with Gasteiger partial charge in [-0.2, -0.15) is 10.4 Å². The average molecular weight is 416 g/mol. The molecule has 158 valence electrons. The van der Waals surface area contributed by atoms with E-state index in [4.69, 9.17) is 14.5 Å². The third-order valence-corrected chi connectivity index (χ3v) is 7.12. The minimum atomic E-state index is -1.14. The van der Waals surface area contributed by atoms with Crippen molar-refractivity contribution < 1.29 is 9.47 Å². The summed E-state index contributed by atoms with van der Waals surface area (Å²) in [5, 5.41) is 15.2. The summed E-state index contributed by atoms with van der Waals surface area (Å²) in [6.45, 7) is 16.3. The number of aromatic nitrogens is 3. The first-order valence-corrected chi connectivity index (χ1v) is 14.0. The summed E-state index contributed by atoms with van der Waals surface area (Å²) in [6, 6.07) is 5.83. The van der Waals surface area contributed by atoms with Gasteiger partial charge in [-0.15, -0.1) is 0 Å². The van der Waals surface area contributed by atoms with Gasteiger partial charge < -0.3 is 14.4 Å². The lowest BCUT2D eigenvalue weighted by molar-refractivity contribution is 0.0812. The van der Waals surface area contributed by atoms with E-state index in [9.17, 15) is 5.26 Å². The molecule has 0 saturated carbocycles. The van der Waals surface area contributed by atoms with Gasteiger partial charge in [0.2, 0.25) is 0 Å². The summed E-state index contributed by atoms with van der Waals surface area (Å²) in [5.41, 5.74) is 1.08. The number of morpholine rings is 1. The van der Waals surface area contributed by atoms with Crippen LogP contribution in [0.5, 0.6) is 0 Å². The third kappa shape index (κ3) is 4.97. The zero-order valence-electron chi connectivity index (χ0n) is 18.5. The molecule has 29 heavy (non-hydrogen) atoms. The van der Waals surface area contributed by atoms with Crippen molar-refractivity contribution in [1.29, 1.82) is 5.26 Å². The Hall–Kier alpha value is -1.95. The number of rotatable bonds is 7. The van der Waals surface area contributed by atoms with Crippen molar-refractivity contribution in [3.63, 3.8) is 0 Å². The SMILES string of the molecule is C[C@@H]1COCCN1c1cc(C(C)(C)C#N)c2cnn(COCC[Si](C)(C)C)c2n1. The minimum absolute atomic E-state index is 0.233. The maximum absolute atomic E-state index is 9.76. The highest BCUT2D eigenvalue weighted by Crippen LogP contribution is 2.33. The molecule has 1 aliphatic heterocycles. The lowest BCUT2D eigenvalue weighted by atomic mass is 9.85. The van der Waals surface area contributed by atoms with E-state index in [1.165, 1.54) is 0 Å². The lowest BCUT2D eigenvalue weighted by Gasteiger charge is -2.35. The molecule has 1 saturated heterocycles. The Balaban J connectivity index is 1.97. The predicted molar refractivity (Wildman–Crippen MR) is 118 cm³/mol. The van der Waals surface area contributed by atoms with Crippen molar-refractivity contribution in [2.45, 2.75) is 64.6 Å². The fourth-order valence-electron chi connectivity index (χ4n) is 3.45. The molecule has 1 aliphatic rings. The number of hydrogen-bond acceptors (Lipinski definition) is 6. The van der Waals surface area contributed by atoms with Crippen LogP contribution < -0.4 is 4.90 Å². The number of anilines is 1. The van der Waals surface area contributed by atoms with Crippen LogP contribution in [0, 0.1) is 11.3 Å². The molecule has 3 rings (SSSR count). The van der Waals surface area contributed by atoms with Gasteiger partial charge in [-0.1, -0.05) is 19.6 Å². The van der Waals surface area contributed by atoms with E-state index in [2.05, 4.69) is 42.6 Å². The minimum Gasteiger partial charge on any atom is -0.377 e. The summed E-state index contributed by atoms with van der Waals surface area (Å²) in [6.07, 6.45) is 1.81. The molecule has 0 N–H and O–H groups in total. The largest absolute Gasteiger partial charge is 0.377 e. The Morgan fingerprint density at radius 3 is 2.79 bits per heavy atom. The number of ether oxygens (including phenoxy) is 2. The second-order valence-electron chi connectivity index (χ2n) is 9.61. The molecule has 0 aromatic carbocycles. The van der Waals surface area contributed by atoms with Crippen LogP contribution in [0.1, 0.15) is 26.3 Å². The molecule has 0 unspecified atom stereocenters. The zero-order valence-corrected chi connectivity index (χ0v) is 19.5. The molecule has 7 nitrogen and oxygen atoms in total. The van der Waals surface area contributed by atoms with Gasteiger partial charge in [-0.05, 0) is 38.4 Å². The lowest BCUT2D eigenvalue weighted by Crippen LogP contribution is -2.44. The van der Waals surface area contributed by atoms with Crippen LogP contribution in [-0.4, -0.2) is 55.2 Å². The highest BCUT2D eigenvalue weighted by molar-refractivity contribution is 6.76. The van der Waals surface area contributed by atoms with Crippen LogP contribution in [0.15, 0.2) is 12.3 Å². The second-order valence-corrected chi connectivity index (χ2v) is 15.2. The fraction of sp³-hybridized carbons (Fsp3) is 0.667. The van der Waals surface area contributed by atoms with Crippen LogP contribution in [-0.2, 0) is 21.6 Å². The van der Waals surface area contributed by atoms with Crippen molar-refractivity contribution in [2.75, 3.05) is 31.3 Å². The molecule has 0 spiro atoms. The van der Waals surface area contributed by atoms with Crippen molar-refractivity contribution in [2.24, 2.45) is 0 Å². The predicted octanol–water partition coefficient (Wildman–Crippen LogP) is 3.77. The summed E-state index contributed by atoms with van der Waals surface area (Å²) < 4.78 is 13.3. The smallest absolute Gasteiger partial charge is 0.162 e. The summed E-state index contributed by atoms with van der Waals surface area (Å²) in [4.78, 5) is 7.19. The first kappa shape index (κ1) is 21.7. The van der Waals surface area contributed by atoms with E-state index in [1.54, 1.807) is 0 Å². The molecule has 0 amide bonds. The number of nitrogens with zero attached hydrogens (tertiary/aromatic N) is 5. The van der Waals surface area contributed by atoms with E-state index in [1.807, 2.05) is 30.8 Å². The maximum Gasteiger partial charge on any atom is 0.162 e. The van der Waals surface area contributed by atoms with Crippen LogP contribution in [0.3, 0.4) is 0 Å². The van der Waals surface area contributed by atoms with E-state index in [-0.39, 0.29) is 6.04 Å². The van der Waals surface area contributed by atoms with Crippen LogP contribution >= 0.6 is 0 Å². The van der Waals surface area contributed by atoms with Crippen molar-refractivity contribution in [3.8, 4) is 6.07 Å². The zero-order chi connectivity index (χ0) is 21.2. The molecule has 2 aromatic rings. The van der Waals surface area contributed by atoms with Gasteiger partial charge in [-0.25, -0.2) is 9.67 Å². The molecule has 0 aliphatic carbocycles. The number of fused-ring (bicyclic) bond motifs is 1. The first-order valence-electron chi connectivity index (χ1n) is 10.3. The Morgan fingerprint density at radius 2 is 2.14 bits per heavy atom. The summed E-state index contributed by atoms with van der Waals surface area (Å²) in [5.74, 6) is 0.871. The molecule has 0 bridgehead atoms.